The lowest BCUT2D eigenvalue weighted by molar-refractivity contribution is -0.153. The van der Waals surface area contributed by atoms with Gasteiger partial charge < -0.3 is 20.9 Å². The summed E-state index contributed by atoms with van der Waals surface area (Å²) in [6.07, 6.45) is -1.65. The average Bonchev–Trinajstić information content (AvgIpc) is 2.80. The lowest BCUT2D eigenvalue weighted by Crippen LogP contribution is -2.68. The molecule has 0 bridgehead atoms. The molecule has 0 unspecified atom stereocenters. The number of ether oxygens (including phenoxy) is 2. The molecule has 0 aliphatic carbocycles. The van der Waals surface area contributed by atoms with Crippen molar-refractivity contribution in [3.05, 3.63) is 83.1 Å². The maximum absolute atomic E-state index is 13.4. The number of amides is 2. The molecule has 9 heteroatoms. The van der Waals surface area contributed by atoms with Gasteiger partial charge in [-0.25, -0.2) is 9.59 Å². The Bertz CT molecular complexity index is 988. The van der Waals surface area contributed by atoms with Crippen LogP contribution in [0.3, 0.4) is 0 Å². The number of carbonyl (C=O) groups is 3. The van der Waals surface area contributed by atoms with Crippen molar-refractivity contribution in [1.29, 1.82) is 0 Å². The van der Waals surface area contributed by atoms with Crippen molar-refractivity contribution in [2.24, 2.45) is 11.5 Å². The molecule has 1 fully saturated rings. The largest absolute Gasteiger partial charge is 0.448 e. The quantitative estimate of drug-likeness (QED) is 0.520. The van der Waals surface area contributed by atoms with E-state index in [-0.39, 0.29) is 23.6 Å². The number of hydrogen-bond acceptors (Lipinski definition) is 7. The van der Waals surface area contributed by atoms with Crippen molar-refractivity contribution < 1.29 is 23.9 Å². The van der Waals surface area contributed by atoms with Crippen molar-refractivity contribution >= 4 is 29.7 Å². The summed E-state index contributed by atoms with van der Waals surface area (Å²) < 4.78 is 10.8. The zero-order valence-corrected chi connectivity index (χ0v) is 17.3. The molecule has 4 N–H and O–H groups in total. The molecule has 2 aliphatic heterocycles. The molecular weight excluding hydrogens is 418 g/mol. The van der Waals surface area contributed by atoms with Crippen molar-refractivity contribution in [3.63, 3.8) is 0 Å². The lowest BCUT2D eigenvalue weighted by atomic mass is 10.0. The maximum Gasteiger partial charge on any atom is 0.404 e. The fraction of sp³-hybridized carbons (Fsp3) is 0.227. The summed E-state index contributed by atoms with van der Waals surface area (Å²) in [6, 6.07) is 17.9. The molecule has 0 aromatic heterocycles. The van der Waals surface area contributed by atoms with Crippen LogP contribution in [0.1, 0.15) is 17.2 Å². The Morgan fingerprint density at radius 2 is 1.65 bits per heavy atom. The number of hydrogen-bond donors (Lipinski definition) is 2. The van der Waals surface area contributed by atoms with Crippen molar-refractivity contribution in [2.45, 2.75) is 17.5 Å². The maximum atomic E-state index is 13.4. The van der Waals surface area contributed by atoms with E-state index in [2.05, 4.69) is 0 Å². The van der Waals surface area contributed by atoms with E-state index in [1.807, 2.05) is 60.7 Å². The Labute approximate surface area is 183 Å². The monoisotopic (exact) mass is 439 g/mol. The van der Waals surface area contributed by atoms with Crippen LogP contribution in [0.15, 0.2) is 71.9 Å². The number of β-lactam (4-membered cyclic amide) rings is 1. The van der Waals surface area contributed by atoms with Gasteiger partial charge in [-0.15, -0.1) is 11.8 Å². The van der Waals surface area contributed by atoms with E-state index in [9.17, 15) is 14.4 Å². The summed E-state index contributed by atoms with van der Waals surface area (Å²) >= 11 is 1.40. The van der Waals surface area contributed by atoms with E-state index in [0.29, 0.717) is 11.3 Å². The highest BCUT2D eigenvalue weighted by Gasteiger charge is 2.52. The summed E-state index contributed by atoms with van der Waals surface area (Å²) in [5.41, 5.74) is 13.1. The van der Waals surface area contributed by atoms with Crippen LogP contribution in [-0.2, 0) is 19.1 Å². The molecule has 2 atom stereocenters. The normalized spacial score (nSPS) is 20.2. The van der Waals surface area contributed by atoms with Gasteiger partial charge in [0.15, 0.2) is 6.10 Å². The first-order valence-electron chi connectivity index (χ1n) is 9.62. The fourth-order valence-corrected chi connectivity index (χ4v) is 4.86. The Morgan fingerprint density at radius 3 is 2.19 bits per heavy atom. The van der Waals surface area contributed by atoms with E-state index in [0.717, 1.165) is 11.1 Å². The number of rotatable bonds is 6. The van der Waals surface area contributed by atoms with E-state index in [1.165, 1.54) is 16.7 Å². The second-order valence-electron chi connectivity index (χ2n) is 7.10. The molecule has 2 aliphatic rings. The van der Waals surface area contributed by atoms with Gasteiger partial charge in [-0.05, 0) is 11.1 Å². The summed E-state index contributed by atoms with van der Waals surface area (Å²) in [6.45, 7) is -0.208. The van der Waals surface area contributed by atoms with Crippen LogP contribution in [0.25, 0.3) is 0 Å². The number of benzene rings is 2. The molecule has 160 valence electrons. The first-order chi connectivity index (χ1) is 15.0. The molecular formula is C22H21N3O5S. The minimum Gasteiger partial charge on any atom is -0.448 e. The van der Waals surface area contributed by atoms with Gasteiger partial charge in [-0.1, -0.05) is 60.7 Å². The Hall–Kier alpha value is -3.30. The van der Waals surface area contributed by atoms with Gasteiger partial charge >= 0.3 is 12.1 Å². The zero-order chi connectivity index (χ0) is 22.0. The summed E-state index contributed by atoms with van der Waals surface area (Å²) in [4.78, 5) is 38.2. The van der Waals surface area contributed by atoms with Gasteiger partial charge in [0, 0.05) is 11.3 Å². The second-order valence-corrected chi connectivity index (χ2v) is 8.21. The van der Waals surface area contributed by atoms with Gasteiger partial charge in [0.1, 0.15) is 23.7 Å². The van der Waals surface area contributed by atoms with E-state index in [4.69, 9.17) is 20.9 Å². The number of esters is 1. The molecule has 4 rings (SSSR count). The molecule has 0 radical (unpaired) electrons. The van der Waals surface area contributed by atoms with Crippen LogP contribution >= 0.6 is 11.8 Å². The minimum atomic E-state index is -0.967. The highest BCUT2D eigenvalue weighted by Crippen LogP contribution is 2.40. The molecule has 0 spiro atoms. The molecule has 2 amide bonds. The van der Waals surface area contributed by atoms with Crippen LogP contribution in [0.2, 0.25) is 0 Å². The van der Waals surface area contributed by atoms with Crippen LogP contribution in [0, 0.1) is 0 Å². The van der Waals surface area contributed by atoms with Crippen molar-refractivity contribution in [2.75, 3.05) is 12.4 Å². The summed E-state index contributed by atoms with van der Waals surface area (Å²) in [7, 11) is 0. The van der Waals surface area contributed by atoms with Crippen LogP contribution in [0.4, 0.5) is 4.79 Å². The number of thioether (sulfide) groups is 1. The predicted molar refractivity (Wildman–Crippen MR) is 114 cm³/mol. The van der Waals surface area contributed by atoms with Gasteiger partial charge in [0.25, 0.3) is 0 Å². The smallest absolute Gasteiger partial charge is 0.404 e. The molecule has 31 heavy (non-hydrogen) atoms. The first-order valence-corrected chi connectivity index (χ1v) is 10.7. The first kappa shape index (κ1) is 21.0. The van der Waals surface area contributed by atoms with E-state index < -0.39 is 24.2 Å². The molecule has 1 saturated heterocycles. The SMILES string of the molecule is NC(=O)OCC1=C(C(=O)OC(c2ccccc2)c2ccccc2)N2C(=O)[C@@H](N)[C@@H]2SC1. The zero-order valence-electron chi connectivity index (χ0n) is 16.5. The van der Waals surface area contributed by atoms with Crippen LogP contribution in [0.5, 0.6) is 0 Å². The Balaban J connectivity index is 1.68. The van der Waals surface area contributed by atoms with Crippen molar-refractivity contribution in [3.8, 4) is 0 Å². The van der Waals surface area contributed by atoms with Gasteiger partial charge in [-0.3, -0.25) is 9.69 Å². The lowest BCUT2D eigenvalue weighted by Gasteiger charge is -2.48. The van der Waals surface area contributed by atoms with Gasteiger partial charge in [0.2, 0.25) is 5.91 Å². The minimum absolute atomic E-state index is 0.0635. The molecule has 0 saturated carbocycles. The number of nitrogens with zero attached hydrogens (tertiary/aromatic N) is 1. The highest BCUT2D eigenvalue weighted by atomic mass is 32.2. The third kappa shape index (κ3) is 4.14. The number of fused-ring (bicyclic) bond motifs is 1. The Morgan fingerprint density at radius 1 is 1.06 bits per heavy atom. The van der Waals surface area contributed by atoms with E-state index in [1.54, 1.807) is 0 Å². The van der Waals surface area contributed by atoms with E-state index >= 15 is 0 Å². The average molecular weight is 439 g/mol. The third-order valence-corrected chi connectivity index (χ3v) is 6.46. The standard InChI is InChI=1S/C22H21N3O5S/c23-16-19(26)25-17(15(11-29-22(24)28)12-31-20(16)25)21(27)30-18(13-7-3-1-4-8-13)14-9-5-2-6-10-14/h1-10,16,18,20H,11-12,23H2,(H2,24,28)/t16-,20+/m1/s1. The summed E-state index contributed by atoms with van der Waals surface area (Å²) in [5.74, 6) is -0.704. The molecule has 2 aromatic rings. The van der Waals surface area contributed by atoms with Crippen molar-refractivity contribution in [1.82, 2.24) is 4.90 Å². The van der Waals surface area contributed by atoms with Gasteiger partial charge in [-0.2, -0.15) is 0 Å². The Kier molecular flexibility index (Phi) is 5.97. The van der Waals surface area contributed by atoms with Crippen LogP contribution in [-0.4, -0.2) is 46.6 Å². The molecule has 2 heterocycles. The van der Waals surface area contributed by atoms with Gasteiger partial charge in [0.05, 0.1) is 0 Å². The molecule has 8 nitrogen and oxygen atoms in total. The highest BCUT2D eigenvalue weighted by molar-refractivity contribution is 8.00. The predicted octanol–water partition coefficient (Wildman–Crippen LogP) is 1.91. The number of carbonyl (C=O) groups excluding carboxylic acids is 3. The number of nitrogens with two attached hydrogens (primary N) is 2. The molecule has 2 aromatic carbocycles. The topological polar surface area (TPSA) is 125 Å². The third-order valence-electron chi connectivity index (χ3n) is 5.10. The fourth-order valence-electron chi connectivity index (χ4n) is 3.58. The summed E-state index contributed by atoms with van der Waals surface area (Å²) in [5, 5.41) is -0.362. The number of primary amides is 1. The second kappa shape index (κ2) is 8.83. The van der Waals surface area contributed by atoms with Crippen LogP contribution < -0.4 is 11.5 Å².